The van der Waals surface area contributed by atoms with Crippen LogP contribution in [0.2, 0.25) is 0 Å². The Kier molecular flexibility index (Phi) is 7.68. The van der Waals surface area contributed by atoms with Gasteiger partial charge < -0.3 is 18.9 Å². The number of carbonyl (C=O) groups is 1. The first-order chi connectivity index (χ1) is 16.0. The van der Waals surface area contributed by atoms with Gasteiger partial charge in [0, 0.05) is 63.0 Å². The van der Waals surface area contributed by atoms with Gasteiger partial charge in [-0.25, -0.2) is 0 Å². The predicted octanol–water partition coefficient (Wildman–Crippen LogP) is 4.19. The van der Waals surface area contributed by atoms with Crippen molar-refractivity contribution in [2.75, 3.05) is 53.0 Å². The number of fused-ring (bicyclic) bond motifs is 1. The minimum atomic E-state index is 0.0898. The Balaban J connectivity index is 1.29. The molecule has 6 nitrogen and oxygen atoms in total. The molecule has 1 atom stereocenters. The van der Waals surface area contributed by atoms with Crippen LogP contribution in [0.15, 0.2) is 54.7 Å². The van der Waals surface area contributed by atoms with Gasteiger partial charge in [-0.1, -0.05) is 37.3 Å². The fraction of sp³-hybridized carbons (Fsp3) is 0.444. The van der Waals surface area contributed by atoms with E-state index >= 15 is 0 Å². The van der Waals surface area contributed by atoms with E-state index in [1.54, 1.807) is 14.0 Å². The van der Waals surface area contributed by atoms with Crippen LogP contribution in [0.25, 0.3) is 10.9 Å². The highest BCUT2D eigenvalue weighted by molar-refractivity contribution is 6.08. The summed E-state index contributed by atoms with van der Waals surface area (Å²) in [6.07, 6.45) is 2.00. The largest absolute Gasteiger partial charge is 0.495 e. The number of para-hydroxylation sites is 2. The molecular weight excluding hydrogens is 414 g/mol. The molecule has 0 radical (unpaired) electrons. The molecule has 0 N–H and O–H groups in total. The maximum atomic E-state index is 12.2. The van der Waals surface area contributed by atoms with Crippen molar-refractivity contribution in [2.45, 2.75) is 20.4 Å². The normalized spacial score (nSPS) is 16.1. The van der Waals surface area contributed by atoms with Crippen LogP contribution in [0.4, 0.5) is 0 Å². The van der Waals surface area contributed by atoms with Crippen molar-refractivity contribution in [3.05, 3.63) is 60.3 Å². The van der Waals surface area contributed by atoms with E-state index in [1.165, 1.54) is 0 Å². The van der Waals surface area contributed by atoms with Crippen LogP contribution in [-0.2, 0) is 6.54 Å². The Bertz CT molecular complexity index is 1060. The van der Waals surface area contributed by atoms with Gasteiger partial charge in [0.15, 0.2) is 5.78 Å². The van der Waals surface area contributed by atoms with Gasteiger partial charge in [-0.15, -0.1) is 0 Å². The summed E-state index contributed by atoms with van der Waals surface area (Å²) < 4.78 is 13.7. The molecule has 1 fully saturated rings. The predicted molar refractivity (Wildman–Crippen MR) is 132 cm³/mol. The van der Waals surface area contributed by atoms with E-state index in [0.29, 0.717) is 5.92 Å². The van der Waals surface area contributed by atoms with E-state index in [9.17, 15) is 4.79 Å². The molecule has 0 saturated carbocycles. The molecule has 1 unspecified atom stereocenters. The lowest BCUT2D eigenvalue weighted by atomic mass is 10.1. The van der Waals surface area contributed by atoms with Crippen molar-refractivity contribution in [1.82, 2.24) is 14.4 Å². The number of carbonyl (C=O) groups excluding carboxylic acids is 1. The second-order valence-corrected chi connectivity index (χ2v) is 9.02. The van der Waals surface area contributed by atoms with Gasteiger partial charge in [0.25, 0.3) is 0 Å². The average Bonchev–Trinajstić information content (AvgIpc) is 3.19. The van der Waals surface area contributed by atoms with Crippen LogP contribution in [0.3, 0.4) is 0 Å². The molecule has 0 bridgehead atoms. The summed E-state index contributed by atoms with van der Waals surface area (Å²) in [5.41, 5.74) is 1.78. The topological polar surface area (TPSA) is 46.9 Å². The Hall–Kier alpha value is -2.83. The highest BCUT2D eigenvalue weighted by Crippen LogP contribution is 2.31. The Morgan fingerprint density at radius 1 is 0.970 bits per heavy atom. The van der Waals surface area contributed by atoms with Gasteiger partial charge >= 0.3 is 0 Å². The number of Topliss-reactive ketones (excluding diaryl/α,β-unsaturated/α-hetero) is 1. The first-order valence-electron chi connectivity index (χ1n) is 11.8. The molecule has 0 spiro atoms. The smallest absolute Gasteiger partial charge is 0.161 e. The number of hydrogen-bond donors (Lipinski definition) is 0. The zero-order chi connectivity index (χ0) is 23.2. The van der Waals surface area contributed by atoms with Crippen LogP contribution in [0.5, 0.6) is 11.5 Å². The summed E-state index contributed by atoms with van der Waals surface area (Å²) in [4.78, 5) is 17.2. The number of benzene rings is 2. The molecule has 176 valence electrons. The molecule has 1 saturated heterocycles. The molecule has 2 heterocycles. The number of hydrogen-bond acceptors (Lipinski definition) is 5. The van der Waals surface area contributed by atoms with Crippen molar-refractivity contribution in [3.63, 3.8) is 0 Å². The highest BCUT2D eigenvalue weighted by atomic mass is 16.5. The Morgan fingerprint density at radius 3 is 2.39 bits per heavy atom. The molecule has 1 aromatic heterocycles. The third-order valence-electron chi connectivity index (χ3n) is 6.42. The monoisotopic (exact) mass is 449 g/mol. The maximum Gasteiger partial charge on any atom is 0.161 e. The van der Waals surface area contributed by atoms with E-state index in [1.807, 2.05) is 54.7 Å². The third kappa shape index (κ3) is 5.75. The van der Waals surface area contributed by atoms with Gasteiger partial charge in [0.2, 0.25) is 0 Å². The number of ether oxygens (including phenoxy) is 2. The molecule has 33 heavy (non-hydrogen) atoms. The summed E-state index contributed by atoms with van der Waals surface area (Å²) in [6.45, 7) is 11.8. The molecule has 0 aliphatic carbocycles. The van der Waals surface area contributed by atoms with Crippen LogP contribution >= 0.6 is 0 Å². The molecule has 1 aliphatic heterocycles. The fourth-order valence-corrected chi connectivity index (χ4v) is 4.75. The van der Waals surface area contributed by atoms with Crippen LogP contribution in [-0.4, -0.2) is 73.1 Å². The van der Waals surface area contributed by atoms with E-state index < -0.39 is 0 Å². The summed E-state index contributed by atoms with van der Waals surface area (Å²) in [5, 5.41) is 0.973. The molecular formula is C27H35N3O3. The second-order valence-electron chi connectivity index (χ2n) is 9.02. The minimum Gasteiger partial charge on any atom is -0.495 e. The molecule has 1 aliphatic rings. The summed E-state index contributed by atoms with van der Waals surface area (Å²) in [6, 6.07) is 15.9. The van der Waals surface area contributed by atoms with Crippen molar-refractivity contribution >= 4 is 16.7 Å². The first kappa shape index (κ1) is 23.3. The second kappa shape index (κ2) is 10.9. The quantitative estimate of drug-likeness (QED) is 0.435. The van der Waals surface area contributed by atoms with Crippen molar-refractivity contribution in [3.8, 4) is 11.5 Å². The zero-order valence-electron chi connectivity index (χ0n) is 20.0. The van der Waals surface area contributed by atoms with E-state index in [4.69, 9.17) is 9.47 Å². The van der Waals surface area contributed by atoms with Crippen LogP contribution in [0, 0.1) is 5.92 Å². The van der Waals surface area contributed by atoms with Gasteiger partial charge in [-0.3, -0.25) is 9.69 Å². The van der Waals surface area contributed by atoms with Gasteiger partial charge in [0.05, 0.1) is 12.6 Å². The zero-order valence-corrected chi connectivity index (χ0v) is 20.0. The number of aromatic nitrogens is 1. The average molecular weight is 450 g/mol. The molecule has 0 amide bonds. The molecule has 2 aromatic carbocycles. The lowest BCUT2D eigenvalue weighted by Gasteiger charge is -2.36. The lowest BCUT2D eigenvalue weighted by Crippen LogP contribution is -2.48. The standard InChI is InChI=1S/C27H35N3O3/c1-21(19-30-20-25(22(2)31)24-10-7-11-26(32-3)27(24)30)18-29-14-12-28(13-15-29)16-17-33-23-8-5-4-6-9-23/h4-11,20-21H,12-19H2,1-3H3. The van der Waals surface area contributed by atoms with Gasteiger partial charge in [0.1, 0.15) is 18.1 Å². The first-order valence-corrected chi connectivity index (χ1v) is 11.8. The third-order valence-corrected chi connectivity index (χ3v) is 6.42. The lowest BCUT2D eigenvalue weighted by molar-refractivity contribution is 0.101. The summed E-state index contributed by atoms with van der Waals surface area (Å²) >= 11 is 0. The molecule has 4 rings (SSSR count). The fourth-order valence-electron chi connectivity index (χ4n) is 4.75. The Labute approximate surface area is 196 Å². The number of nitrogens with zero attached hydrogens (tertiary/aromatic N) is 3. The highest BCUT2D eigenvalue weighted by Gasteiger charge is 2.21. The SMILES string of the molecule is COc1cccc2c(C(C)=O)cn(CC(C)CN3CCN(CCOc4ccccc4)CC3)c12. The number of rotatable bonds is 10. The van der Waals surface area contributed by atoms with Crippen molar-refractivity contribution in [2.24, 2.45) is 5.92 Å². The van der Waals surface area contributed by atoms with Crippen LogP contribution < -0.4 is 9.47 Å². The number of methoxy groups -OCH3 is 1. The Morgan fingerprint density at radius 2 is 1.70 bits per heavy atom. The van der Waals surface area contributed by atoms with E-state index in [-0.39, 0.29) is 5.78 Å². The molecule has 6 heteroatoms. The van der Waals surface area contributed by atoms with Crippen molar-refractivity contribution < 1.29 is 14.3 Å². The molecule has 3 aromatic rings. The van der Waals surface area contributed by atoms with Crippen LogP contribution in [0.1, 0.15) is 24.2 Å². The number of piperazine rings is 1. The number of ketones is 1. The van der Waals surface area contributed by atoms with Gasteiger partial charge in [-0.05, 0) is 31.0 Å². The minimum absolute atomic E-state index is 0.0898. The summed E-state index contributed by atoms with van der Waals surface area (Å²) in [7, 11) is 1.69. The van der Waals surface area contributed by atoms with E-state index in [0.717, 1.165) is 80.4 Å². The summed E-state index contributed by atoms with van der Waals surface area (Å²) in [5.74, 6) is 2.30. The van der Waals surface area contributed by atoms with Gasteiger partial charge in [-0.2, -0.15) is 0 Å². The van der Waals surface area contributed by atoms with Crippen molar-refractivity contribution in [1.29, 1.82) is 0 Å². The maximum absolute atomic E-state index is 12.2. The van der Waals surface area contributed by atoms with E-state index in [2.05, 4.69) is 21.3 Å².